The number of piperidine rings is 1. The molecule has 1 aromatic carbocycles. The number of aliphatic hydroxyl groups excluding tert-OH is 1. The molecule has 1 aliphatic rings. The molecule has 0 spiro atoms. The van der Waals surface area contributed by atoms with E-state index in [1.54, 1.807) is 12.1 Å². The quantitative estimate of drug-likeness (QED) is 0.652. The molecule has 110 valence electrons. The number of benzene rings is 1. The van der Waals surface area contributed by atoms with E-state index >= 15 is 0 Å². The highest BCUT2D eigenvalue weighted by Gasteiger charge is 2.25. The molecule has 0 radical (unpaired) electrons. The van der Waals surface area contributed by atoms with Crippen molar-refractivity contribution in [2.45, 2.75) is 26.4 Å². The summed E-state index contributed by atoms with van der Waals surface area (Å²) in [6.45, 7) is 6.11. The summed E-state index contributed by atoms with van der Waals surface area (Å²) in [7, 11) is 0. The van der Waals surface area contributed by atoms with Crippen molar-refractivity contribution in [3.8, 4) is 0 Å². The fraction of sp³-hybridized carbons (Fsp3) is 0.571. The standard InChI is InChI=1S/C14H21N3O3/c1-3-15-11-6-12(8-13(7-11)17(19)20)16-5-4-14(18)10(2)9-16/h6-8,10,14-15,18H,3-5,9H2,1-2H3. The van der Waals surface area contributed by atoms with Gasteiger partial charge in [0.25, 0.3) is 5.69 Å². The van der Waals surface area contributed by atoms with E-state index in [0.29, 0.717) is 13.0 Å². The minimum Gasteiger partial charge on any atom is -0.393 e. The molecular weight excluding hydrogens is 258 g/mol. The van der Waals surface area contributed by atoms with Crippen molar-refractivity contribution in [2.75, 3.05) is 29.9 Å². The SMILES string of the molecule is CCNc1cc(N2CCC(O)C(C)C2)cc([N+](=O)[O-])c1. The normalized spacial score (nSPS) is 22.6. The summed E-state index contributed by atoms with van der Waals surface area (Å²) in [6.07, 6.45) is 0.415. The number of nitro benzene ring substituents is 1. The van der Waals surface area contributed by atoms with Gasteiger partial charge in [-0.25, -0.2) is 0 Å². The Morgan fingerprint density at radius 3 is 2.85 bits per heavy atom. The topological polar surface area (TPSA) is 78.6 Å². The first-order chi connectivity index (χ1) is 9.51. The summed E-state index contributed by atoms with van der Waals surface area (Å²) in [4.78, 5) is 12.8. The van der Waals surface area contributed by atoms with Gasteiger partial charge in [-0.2, -0.15) is 0 Å². The lowest BCUT2D eigenvalue weighted by Crippen LogP contribution is -2.42. The van der Waals surface area contributed by atoms with Crippen LogP contribution in [0, 0.1) is 16.0 Å². The Morgan fingerprint density at radius 2 is 2.25 bits per heavy atom. The van der Waals surface area contributed by atoms with Gasteiger partial charge in [0.2, 0.25) is 0 Å². The molecule has 0 bridgehead atoms. The Morgan fingerprint density at radius 1 is 1.50 bits per heavy atom. The van der Waals surface area contributed by atoms with Crippen molar-refractivity contribution in [3.63, 3.8) is 0 Å². The van der Waals surface area contributed by atoms with Crippen LogP contribution in [0.15, 0.2) is 18.2 Å². The Balaban J connectivity index is 2.28. The molecule has 1 heterocycles. The van der Waals surface area contributed by atoms with Crippen LogP contribution in [0.4, 0.5) is 17.1 Å². The van der Waals surface area contributed by atoms with Crippen molar-refractivity contribution < 1.29 is 10.0 Å². The maximum Gasteiger partial charge on any atom is 0.273 e. The lowest BCUT2D eigenvalue weighted by Gasteiger charge is -2.36. The summed E-state index contributed by atoms with van der Waals surface area (Å²) in [5.74, 6) is 0.172. The number of hydrogen-bond donors (Lipinski definition) is 2. The molecule has 2 atom stereocenters. The second kappa shape index (κ2) is 6.09. The van der Waals surface area contributed by atoms with Crippen LogP contribution in [-0.2, 0) is 0 Å². The van der Waals surface area contributed by atoms with Gasteiger partial charge in [-0.05, 0) is 25.3 Å². The average molecular weight is 279 g/mol. The molecule has 1 aliphatic heterocycles. The highest BCUT2D eigenvalue weighted by molar-refractivity contribution is 5.64. The van der Waals surface area contributed by atoms with Crippen molar-refractivity contribution in [3.05, 3.63) is 28.3 Å². The van der Waals surface area contributed by atoms with Gasteiger partial charge < -0.3 is 15.3 Å². The third-order valence-corrected chi connectivity index (χ3v) is 3.72. The van der Waals surface area contributed by atoms with Gasteiger partial charge in [0.15, 0.2) is 0 Å². The fourth-order valence-electron chi connectivity index (χ4n) is 2.56. The molecule has 1 fully saturated rings. The molecule has 0 aliphatic carbocycles. The van der Waals surface area contributed by atoms with Crippen LogP contribution in [0.2, 0.25) is 0 Å². The van der Waals surface area contributed by atoms with E-state index in [1.807, 2.05) is 19.9 Å². The zero-order valence-electron chi connectivity index (χ0n) is 11.9. The Labute approximate surface area is 118 Å². The van der Waals surface area contributed by atoms with Crippen molar-refractivity contribution in [1.82, 2.24) is 0 Å². The minimum atomic E-state index is -0.368. The third-order valence-electron chi connectivity index (χ3n) is 3.72. The summed E-state index contributed by atoms with van der Waals surface area (Å²) in [5.41, 5.74) is 1.70. The number of rotatable bonds is 4. The molecule has 1 aromatic rings. The van der Waals surface area contributed by atoms with Crippen LogP contribution >= 0.6 is 0 Å². The zero-order valence-corrected chi connectivity index (χ0v) is 11.9. The van der Waals surface area contributed by atoms with Crippen LogP contribution in [0.25, 0.3) is 0 Å². The number of anilines is 2. The molecule has 2 unspecified atom stereocenters. The van der Waals surface area contributed by atoms with Gasteiger partial charge in [0.05, 0.1) is 11.0 Å². The van der Waals surface area contributed by atoms with E-state index < -0.39 is 0 Å². The molecule has 20 heavy (non-hydrogen) atoms. The molecule has 0 aromatic heterocycles. The third kappa shape index (κ3) is 3.19. The molecule has 2 rings (SSSR count). The summed E-state index contributed by atoms with van der Waals surface area (Å²) < 4.78 is 0. The van der Waals surface area contributed by atoms with Crippen LogP contribution in [-0.4, -0.2) is 35.8 Å². The van der Waals surface area contributed by atoms with Crippen molar-refractivity contribution >= 4 is 17.1 Å². The van der Waals surface area contributed by atoms with E-state index in [2.05, 4.69) is 10.2 Å². The smallest absolute Gasteiger partial charge is 0.273 e. The fourth-order valence-corrected chi connectivity index (χ4v) is 2.56. The predicted molar refractivity (Wildman–Crippen MR) is 79.3 cm³/mol. The van der Waals surface area contributed by atoms with E-state index in [1.165, 1.54) is 0 Å². The van der Waals surface area contributed by atoms with Gasteiger partial charge >= 0.3 is 0 Å². The average Bonchev–Trinajstić information content (AvgIpc) is 2.42. The first-order valence-electron chi connectivity index (χ1n) is 6.97. The van der Waals surface area contributed by atoms with Crippen molar-refractivity contribution in [1.29, 1.82) is 0 Å². The lowest BCUT2D eigenvalue weighted by molar-refractivity contribution is -0.384. The molecule has 1 saturated heterocycles. The van der Waals surface area contributed by atoms with E-state index in [9.17, 15) is 15.2 Å². The number of nitrogens with one attached hydrogen (secondary N) is 1. The van der Waals surface area contributed by atoms with E-state index in [4.69, 9.17) is 0 Å². The number of nitrogens with zero attached hydrogens (tertiary/aromatic N) is 2. The molecule has 0 amide bonds. The molecule has 6 nitrogen and oxygen atoms in total. The Kier molecular flexibility index (Phi) is 4.44. The molecule has 0 saturated carbocycles. The first-order valence-corrected chi connectivity index (χ1v) is 6.97. The Hall–Kier alpha value is -1.82. The van der Waals surface area contributed by atoms with Gasteiger partial charge in [-0.1, -0.05) is 6.92 Å². The van der Waals surface area contributed by atoms with Crippen LogP contribution < -0.4 is 10.2 Å². The highest BCUT2D eigenvalue weighted by Crippen LogP contribution is 2.30. The van der Waals surface area contributed by atoms with E-state index in [-0.39, 0.29) is 22.6 Å². The second-order valence-electron chi connectivity index (χ2n) is 5.30. The van der Waals surface area contributed by atoms with Gasteiger partial charge in [-0.3, -0.25) is 10.1 Å². The Bertz CT molecular complexity index is 493. The monoisotopic (exact) mass is 279 g/mol. The minimum absolute atomic E-state index is 0.0947. The predicted octanol–water partition coefficient (Wildman–Crippen LogP) is 2.23. The van der Waals surface area contributed by atoms with Crippen LogP contribution in [0.5, 0.6) is 0 Å². The largest absolute Gasteiger partial charge is 0.393 e. The number of aliphatic hydroxyl groups is 1. The number of nitro groups is 1. The van der Waals surface area contributed by atoms with Crippen LogP contribution in [0.3, 0.4) is 0 Å². The second-order valence-corrected chi connectivity index (χ2v) is 5.30. The van der Waals surface area contributed by atoms with E-state index in [0.717, 1.165) is 24.5 Å². The first kappa shape index (κ1) is 14.6. The van der Waals surface area contributed by atoms with Gasteiger partial charge in [0, 0.05) is 43.1 Å². The van der Waals surface area contributed by atoms with Gasteiger partial charge in [0.1, 0.15) is 0 Å². The maximum absolute atomic E-state index is 11.0. The molecule has 2 N–H and O–H groups in total. The summed E-state index contributed by atoms with van der Waals surface area (Å²) in [5, 5.41) is 23.9. The van der Waals surface area contributed by atoms with Gasteiger partial charge in [-0.15, -0.1) is 0 Å². The van der Waals surface area contributed by atoms with Crippen molar-refractivity contribution in [2.24, 2.45) is 5.92 Å². The lowest BCUT2D eigenvalue weighted by atomic mass is 9.96. The number of hydrogen-bond acceptors (Lipinski definition) is 5. The molecule has 6 heteroatoms. The molecular formula is C14H21N3O3. The summed E-state index contributed by atoms with van der Waals surface area (Å²) >= 11 is 0. The van der Waals surface area contributed by atoms with Crippen LogP contribution in [0.1, 0.15) is 20.3 Å². The maximum atomic E-state index is 11.0. The summed E-state index contributed by atoms with van der Waals surface area (Å²) in [6, 6.07) is 5.08. The highest BCUT2D eigenvalue weighted by atomic mass is 16.6. The number of non-ortho nitro benzene ring substituents is 1. The zero-order chi connectivity index (χ0) is 14.7.